The van der Waals surface area contributed by atoms with Crippen molar-refractivity contribution in [3.63, 3.8) is 0 Å². The minimum absolute atomic E-state index is 0.236. The molecule has 10 heteroatoms. The van der Waals surface area contributed by atoms with Crippen molar-refractivity contribution in [2.24, 2.45) is 4.99 Å². The number of ether oxygens (including phenoxy) is 3. The Hall–Kier alpha value is -2.20. The molecule has 0 spiro atoms. The standard InChI is InChI=1S/C17H30N4O5S/c1-8-18-16(19-11-17(2,3)21-27(7,22)23)20-12-9-13(24-4)15(26-6)14(10-12)25-5/h9-10,21H,8,11H2,1-7H3,(H2,18,19,20). The molecule has 1 aromatic carbocycles. The third-order valence-electron chi connectivity index (χ3n) is 3.37. The number of rotatable bonds is 9. The highest BCUT2D eigenvalue weighted by Gasteiger charge is 2.22. The molecule has 0 fully saturated rings. The Morgan fingerprint density at radius 1 is 1.11 bits per heavy atom. The van der Waals surface area contributed by atoms with Gasteiger partial charge in [-0.2, -0.15) is 0 Å². The third kappa shape index (κ3) is 7.51. The van der Waals surface area contributed by atoms with Crippen LogP contribution < -0.4 is 29.6 Å². The smallest absolute Gasteiger partial charge is 0.209 e. The summed E-state index contributed by atoms with van der Waals surface area (Å²) >= 11 is 0. The number of aliphatic imine (C=N–C) groups is 1. The Balaban J connectivity index is 3.09. The first-order valence-corrected chi connectivity index (χ1v) is 10.3. The fraction of sp³-hybridized carbons (Fsp3) is 0.588. The Morgan fingerprint density at radius 3 is 2.07 bits per heavy atom. The van der Waals surface area contributed by atoms with Crippen LogP contribution in [0.3, 0.4) is 0 Å². The molecule has 0 unspecified atom stereocenters. The van der Waals surface area contributed by atoms with Crippen LogP contribution >= 0.6 is 0 Å². The molecule has 0 saturated carbocycles. The lowest BCUT2D eigenvalue weighted by atomic mass is 10.1. The lowest BCUT2D eigenvalue weighted by molar-refractivity contribution is 0.324. The van der Waals surface area contributed by atoms with Gasteiger partial charge in [-0.3, -0.25) is 4.99 Å². The van der Waals surface area contributed by atoms with E-state index in [4.69, 9.17) is 14.2 Å². The molecule has 0 saturated heterocycles. The highest BCUT2D eigenvalue weighted by Crippen LogP contribution is 2.39. The molecule has 0 atom stereocenters. The van der Waals surface area contributed by atoms with Crippen molar-refractivity contribution >= 4 is 21.7 Å². The van der Waals surface area contributed by atoms with E-state index in [9.17, 15) is 8.42 Å². The van der Waals surface area contributed by atoms with Gasteiger partial charge in [0, 0.05) is 29.9 Å². The molecule has 1 aromatic rings. The van der Waals surface area contributed by atoms with Crippen LogP contribution in [0.2, 0.25) is 0 Å². The normalized spacial score (nSPS) is 12.5. The van der Waals surface area contributed by atoms with E-state index >= 15 is 0 Å². The van der Waals surface area contributed by atoms with Gasteiger partial charge >= 0.3 is 0 Å². The topological polar surface area (TPSA) is 110 Å². The van der Waals surface area contributed by atoms with Crippen molar-refractivity contribution in [1.82, 2.24) is 10.0 Å². The summed E-state index contributed by atoms with van der Waals surface area (Å²) in [6.07, 6.45) is 1.12. The number of guanidine groups is 1. The number of hydrogen-bond acceptors (Lipinski definition) is 6. The fourth-order valence-corrected chi connectivity index (χ4v) is 3.48. The van der Waals surface area contributed by atoms with Gasteiger partial charge in [-0.05, 0) is 20.8 Å². The molecule has 0 heterocycles. The van der Waals surface area contributed by atoms with Gasteiger partial charge in [0.25, 0.3) is 0 Å². The Labute approximate surface area is 161 Å². The molecule has 0 radical (unpaired) electrons. The SMILES string of the molecule is CCNC(=NCC(C)(C)NS(C)(=O)=O)Nc1cc(OC)c(OC)c(OC)c1. The van der Waals surface area contributed by atoms with Crippen molar-refractivity contribution < 1.29 is 22.6 Å². The van der Waals surface area contributed by atoms with Gasteiger partial charge in [0.15, 0.2) is 17.5 Å². The number of nitrogens with one attached hydrogen (secondary N) is 3. The van der Waals surface area contributed by atoms with Gasteiger partial charge in [-0.1, -0.05) is 0 Å². The van der Waals surface area contributed by atoms with E-state index in [1.165, 1.54) is 7.11 Å². The maximum atomic E-state index is 11.5. The van der Waals surface area contributed by atoms with Crippen molar-refractivity contribution in [2.45, 2.75) is 26.3 Å². The van der Waals surface area contributed by atoms with Crippen LogP contribution in [0.15, 0.2) is 17.1 Å². The monoisotopic (exact) mass is 402 g/mol. The highest BCUT2D eigenvalue weighted by molar-refractivity contribution is 7.88. The summed E-state index contributed by atoms with van der Waals surface area (Å²) < 4.78 is 41.5. The first-order chi connectivity index (χ1) is 12.5. The van der Waals surface area contributed by atoms with Gasteiger partial charge in [-0.25, -0.2) is 13.1 Å². The molecular weight excluding hydrogens is 372 g/mol. The largest absolute Gasteiger partial charge is 0.493 e. The summed E-state index contributed by atoms with van der Waals surface area (Å²) in [7, 11) is 1.29. The summed E-state index contributed by atoms with van der Waals surface area (Å²) in [5.41, 5.74) is -0.0522. The lowest BCUT2D eigenvalue weighted by Crippen LogP contribution is -2.46. The van der Waals surface area contributed by atoms with E-state index in [-0.39, 0.29) is 6.54 Å². The van der Waals surface area contributed by atoms with E-state index in [0.717, 1.165) is 6.26 Å². The van der Waals surface area contributed by atoms with Crippen LogP contribution in [0.1, 0.15) is 20.8 Å². The van der Waals surface area contributed by atoms with Crippen molar-refractivity contribution in [3.05, 3.63) is 12.1 Å². The minimum atomic E-state index is -3.33. The number of benzene rings is 1. The van der Waals surface area contributed by atoms with E-state index < -0.39 is 15.6 Å². The average molecular weight is 403 g/mol. The maximum absolute atomic E-state index is 11.5. The highest BCUT2D eigenvalue weighted by atomic mass is 32.2. The molecule has 0 aliphatic rings. The zero-order chi connectivity index (χ0) is 20.7. The lowest BCUT2D eigenvalue weighted by Gasteiger charge is -2.23. The summed E-state index contributed by atoms with van der Waals surface area (Å²) in [5.74, 6) is 2.00. The first kappa shape index (κ1) is 22.8. The second kappa shape index (κ2) is 9.65. The molecule has 0 amide bonds. The average Bonchev–Trinajstić information content (AvgIpc) is 2.56. The quantitative estimate of drug-likeness (QED) is 0.423. The number of methoxy groups -OCH3 is 3. The Kier molecular flexibility index (Phi) is 8.17. The predicted octanol–water partition coefficient (Wildman–Crippen LogP) is 1.42. The third-order valence-corrected chi connectivity index (χ3v) is 4.29. The van der Waals surface area contributed by atoms with Gasteiger partial charge in [-0.15, -0.1) is 0 Å². The second-order valence-corrected chi connectivity index (χ2v) is 8.24. The van der Waals surface area contributed by atoms with Crippen LogP contribution in [0.4, 0.5) is 5.69 Å². The summed E-state index contributed by atoms with van der Waals surface area (Å²) in [6.45, 7) is 6.34. The summed E-state index contributed by atoms with van der Waals surface area (Å²) in [6, 6.07) is 3.52. The molecule has 0 aliphatic carbocycles. The van der Waals surface area contributed by atoms with E-state index in [1.807, 2.05) is 6.92 Å². The van der Waals surface area contributed by atoms with E-state index in [0.29, 0.717) is 35.4 Å². The fourth-order valence-electron chi connectivity index (χ4n) is 2.41. The molecule has 0 aliphatic heterocycles. The zero-order valence-electron chi connectivity index (χ0n) is 17.0. The molecule has 0 aromatic heterocycles. The molecule has 3 N–H and O–H groups in total. The molecule has 1 rings (SSSR count). The second-order valence-electron chi connectivity index (χ2n) is 6.49. The summed E-state index contributed by atoms with van der Waals surface area (Å²) in [5, 5.41) is 6.28. The number of nitrogens with zero attached hydrogens (tertiary/aromatic N) is 1. The van der Waals surface area contributed by atoms with Crippen molar-refractivity contribution in [2.75, 3.05) is 46.0 Å². The number of anilines is 1. The Bertz CT molecular complexity index is 738. The van der Waals surface area contributed by atoms with Crippen LogP contribution in [-0.2, 0) is 10.0 Å². The van der Waals surface area contributed by atoms with E-state index in [2.05, 4.69) is 20.3 Å². The minimum Gasteiger partial charge on any atom is -0.493 e. The molecule has 154 valence electrons. The first-order valence-electron chi connectivity index (χ1n) is 8.39. The number of hydrogen-bond donors (Lipinski definition) is 3. The van der Waals surface area contributed by atoms with Crippen LogP contribution in [-0.4, -0.2) is 60.6 Å². The zero-order valence-corrected chi connectivity index (χ0v) is 17.8. The van der Waals surface area contributed by atoms with Crippen LogP contribution in [0.25, 0.3) is 0 Å². The Morgan fingerprint density at radius 2 is 1.67 bits per heavy atom. The number of sulfonamides is 1. The van der Waals surface area contributed by atoms with Gasteiger partial charge in [0.1, 0.15) is 0 Å². The van der Waals surface area contributed by atoms with Crippen LogP contribution in [0.5, 0.6) is 17.2 Å². The van der Waals surface area contributed by atoms with E-state index in [1.54, 1.807) is 40.2 Å². The molecule has 9 nitrogen and oxygen atoms in total. The molecule has 27 heavy (non-hydrogen) atoms. The van der Waals surface area contributed by atoms with Crippen LogP contribution in [0, 0.1) is 0 Å². The van der Waals surface area contributed by atoms with Crippen molar-refractivity contribution in [3.8, 4) is 17.2 Å². The van der Waals surface area contributed by atoms with Gasteiger partial charge < -0.3 is 24.8 Å². The predicted molar refractivity (Wildman–Crippen MR) is 108 cm³/mol. The summed E-state index contributed by atoms with van der Waals surface area (Å²) in [4.78, 5) is 4.47. The van der Waals surface area contributed by atoms with Gasteiger partial charge in [0.2, 0.25) is 15.8 Å². The van der Waals surface area contributed by atoms with Gasteiger partial charge in [0.05, 0.1) is 34.1 Å². The molecule has 0 bridgehead atoms. The maximum Gasteiger partial charge on any atom is 0.209 e. The van der Waals surface area contributed by atoms with Crippen molar-refractivity contribution in [1.29, 1.82) is 0 Å². The molecular formula is C17H30N4O5S.